The van der Waals surface area contributed by atoms with Crippen molar-refractivity contribution in [1.82, 2.24) is 4.90 Å². The SMILES string of the molecule is COc1ccc(CCCN2CCN(c3ccc(N)cc3)CC2)cc1. The molecule has 24 heavy (non-hydrogen) atoms. The smallest absolute Gasteiger partial charge is 0.118 e. The number of nitrogens with zero attached hydrogens (tertiary/aromatic N) is 2. The molecule has 0 spiro atoms. The minimum atomic E-state index is 0.830. The van der Waals surface area contributed by atoms with Crippen LogP contribution in [0.4, 0.5) is 11.4 Å². The van der Waals surface area contributed by atoms with Crippen molar-refractivity contribution in [2.24, 2.45) is 0 Å². The summed E-state index contributed by atoms with van der Waals surface area (Å²) in [7, 11) is 1.71. The zero-order chi connectivity index (χ0) is 16.8. The highest BCUT2D eigenvalue weighted by molar-refractivity contribution is 5.53. The van der Waals surface area contributed by atoms with E-state index in [4.69, 9.17) is 10.5 Å². The summed E-state index contributed by atoms with van der Waals surface area (Å²) in [5, 5.41) is 0. The second-order valence-electron chi connectivity index (χ2n) is 6.37. The van der Waals surface area contributed by atoms with Crippen LogP contribution in [0.5, 0.6) is 5.75 Å². The van der Waals surface area contributed by atoms with Crippen molar-refractivity contribution < 1.29 is 4.74 Å². The fourth-order valence-corrected chi connectivity index (χ4v) is 3.21. The summed E-state index contributed by atoms with van der Waals surface area (Å²) >= 11 is 0. The molecular formula is C20H27N3O. The van der Waals surface area contributed by atoms with Crippen LogP contribution in [0, 0.1) is 0 Å². The number of anilines is 2. The van der Waals surface area contributed by atoms with Crippen molar-refractivity contribution in [3.05, 3.63) is 54.1 Å². The maximum Gasteiger partial charge on any atom is 0.118 e. The van der Waals surface area contributed by atoms with Gasteiger partial charge in [-0.1, -0.05) is 12.1 Å². The Morgan fingerprint density at radius 2 is 1.58 bits per heavy atom. The summed E-state index contributed by atoms with van der Waals surface area (Å²) in [5.74, 6) is 0.928. The Balaban J connectivity index is 1.39. The second kappa shape index (κ2) is 8.06. The molecule has 0 saturated carbocycles. The van der Waals surface area contributed by atoms with E-state index in [-0.39, 0.29) is 0 Å². The van der Waals surface area contributed by atoms with Gasteiger partial charge in [-0.05, 0) is 61.3 Å². The Hall–Kier alpha value is -2.20. The van der Waals surface area contributed by atoms with Gasteiger partial charge in [0.25, 0.3) is 0 Å². The van der Waals surface area contributed by atoms with Crippen molar-refractivity contribution in [3.8, 4) is 5.75 Å². The maximum absolute atomic E-state index is 5.76. The number of methoxy groups -OCH3 is 1. The molecule has 0 atom stereocenters. The van der Waals surface area contributed by atoms with Gasteiger partial charge in [0.1, 0.15) is 5.75 Å². The largest absolute Gasteiger partial charge is 0.497 e. The van der Waals surface area contributed by atoms with Crippen molar-refractivity contribution >= 4 is 11.4 Å². The average Bonchev–Trinajstić information content (AvgIpc) is 2.64. The molecule has 1 aliphatic heterocycles. The monoisotopic (exact) mass is 325 g/mol. The second-order valence-corrected chi connectivity index (χ2v) is 6.37. The summed E-state index contributed by atoms with van der Waals surface area (Å²) in [6.45, 7) is 5.61. The highest BCUT2D eigenvalue weighted by Gasteiger charge is 2.16. The Morgan fingerprint density at radius 1 is 0.917 bits per heavy atom. The minimum Gasteiger partial charge on any atom is -0.497 e. The number of nitrogen functional groups attached to an aromatic ring is 1. The number of hydrogen-bond donors (Lipinski definition) is 1. The standard InChI is InChI=1S/C20H27N3O/c1-24-20-10-4-17(5-11-20)3-2-12-22-13-15-23(16-14-22)19-8-6-18(21)7-9-19/h4-11H,2-3,12-16,21H2,1H3. The first-order valence-electron chi connectivity index (χ1n) is 8.70. The number of nitrogens with two attached hydrogens (primary N) is 1. The molecule has 0 aromatic heterocycles. The molecule has 0 amide bonds. The third kappa shape index (κ3) is 4.42. The van der Waals surface area contributed by atoms with Crippen molar-refractivity contribution in [2.75, 3.05) is 50.5 Å². The molecule has 0 radical (unpaired) electrons. The Morgan fingerprint density at radius 3 is 2.21 bits per heavy atom. The average molecular weight is 325 g/mol. The van der Waals surface area contributed by atoms with Gasteiger partial charge in [0.15, 0.2) is 0 Å². The Labute approximate surface area is 144 Å². The molecule has 1 fully saturated rings. The lowest BCUT2D eigenvalue weighted by atomic mass is 10.1. The number of aryl methyl sites for hydroxylation is 1. The third-order valence-electron chi connectivity index (χ3n) is 4.73. The van der Waals surface area contributed by atoms with Crippen LogP contribution in [0.1, 0.15) is 12.0 Å². The number of rotatable bonds is 6. The lowest BCUT2D eigenvalue weighted by Crippen LogP contribution is -2.46. The lowest BCUT2D eigenvalue weighted by Gasteiger charge is -2.36. The van der Waals surface area contributed by atoms with E-state index in [0.717, 1.165) is 44.0 Å². The van der Waals surface area contributed by atoms with E-state index < -0.39 is 0 Å². The first-order valence-corrected chi connectivity index (χ1v) is 8.70. The zero-order valence-electron chi connectivity index (χ0n) is 14.4. The molecular weight excluding hydrogens is 298 g/mol. The number of ether oxygens (including phenoxy) is 1. The molecule has 1 aliphatic rings. The van der Waals surface area contributed by atoms with Gasteiger partial charge in [0.05, 0.1) is 7.11 Å². The fourth-order valence-electron chi connectivity index (χ4n) is 3.21. The van der Waals surface area contributed by atoms with Crippen molar-refractivity contribution in [2.45, 2.75) is 12.8 Å². The minimum absolute atomic E-state index is 0.830. The predicted octanol–water partition coefficient (Wildman–Crippen LogP) is 3.03. The van der Waals surface area contributed by atoms with E-state index in [0.29, 0.717) is 0 Å². The molecule has 128 valence electrons. The van der Waals surface area contributed by atoms with Gasteiger partial charge in [-0.3, -0.25) is 4.90 Å². The summed E-state index contributed by atoms with van der Waals surface area (Å²) < 4.78 is 5.20. The van der Waals surface area contributed by atoms with Crippen LogP contribution in [0.25, 0.3) is 0 Å². The maximum atomic E-state index is 5.76. The molecule has 0 unspecified atom stereocenters. The van der Waals surface area contributed by atoms with Crippen LogP contribution >= 0.6 is 0 Å². The summed E-state index contributed by atoms with van der Waals surface area (Å²) in [6, 6.07) is 16.6. The molecule has 1 heterocycles. The molecule has 1 saturated heterocycles. The van der Waals surface area contributed by atoms with E-state index >= 15 is 0 Å². The summed E-state index contributed by atoms with van der Waals surface area (Å²) in [5.41, 5.74) is 9.26. The first kappa shape index (κ1) is 16.7. The van der Waals surface area contributed by atoms with Crippen LogP contribution in [0.3, 0.4) is 0 Å². The number of hydrogen-bond acceptors (Lipinski definition) is 4. The van der Waals surface area contributed by atoms with Crippen molar-refractivity contribution in [1.29, 1.82) is 0 Å². The van der Waals surface area contributed by atoms with Gasteiger partial charge in [0.2, 0.25) is 0 Å². The van der Waals surface area contributed by atoms with Crippen LogP contribution in [-0.4, -0.2) is 44.7 Å². The first-order chi connectivity index (χ1) is 11.7. The molecule has 4 heteroatoms. The van der Waals surface area contributed by atoms with Gasteiger partial charge >= 0.3 is 0 Å². The van der Waals surface area contributed by atoms with Crippen LogP contribution in [-0.2, 0) is 6.42 Å². The zero-order valence-corrected chi connectivity index (χ0v) is 14.4. The number of piperazine rings is 1. The molecule has 0 aliphatic carbocycles. The lowest BCUT2D eigenvalue weighted by molar-refractivity contribution is 0.255. The summed E-state index contributed by atoms with van der Waals surface area (Å²) in [4.78, 5) is 5.01. The van der Waals surface area contributed by atoms with E-state index in [1.807, 2.05) is 24.3 Å². The molecule has 4 nitrogen and oxygen atoms in total. The van der Waals surface area contributed by atoms with E-state index in [2.05, 4.69) is 34.1 Å². The van der Waals surface area contributed by atoms with E-state index in [1.165, 1.54) is 24.2 Å². The highest BCUT2D eigenvalue weighted by Crippen LogP contribution is 2.18. The van der Waals surface area contributed by atoms with E-state index in [9.17, 15) is 0 Å². The molecule has 2 N–H and O–H groups in total. The van der Waals surface area contributed by atoms with E-state index in [1.54, 1.807) is 7.11 Å². The van der Waals surface area contributed by atoms with Crippen LogP contribution in [0.15, 0.2) is 48.5 Å². The quantitative estimate of drug-likeness (QED) is 0.829. The van der Waals surface area contributed by atoms with Crippen LogP contribution < -0.4 is 15.4 Å². The topological polar surface area (TPSA) is 41.7 Å². The van der Waals surface area contributed by atoms with Crippen LogP contribution in [0.2, 0.25) is 0 Å². The Bertz CT molecular complexity index is 616. The van der Waals surface area contributed by atoms with Gasteiger partial charge in [-0.15, -0.1) is 0 Å². The predicted molar refractivity (Wildman–Crippen MR) is 101 cm³/mol. The normalized spacial score (nSPS) is 15.5. The summed E-state index contributed by atoms with van der Waals surface area (Å²) in [6.07, 6.45) is 2.33. The highest BCUT2D eigenvalue weighted by atomic mass is 16.5. The molecule has 0 bridgehead atoms. The van der Waals surface area contributed by atoms with Gasteiger partial charge in [-0.2, -0.15) is 0 Å². The van der Waals surface area contributed by atoms with Gasteiger partial charge in [0, 0.05) is 37.6 Å². The molecule has 2 aromatic rings. The van der Waals surface area contributed by atoms with Gasteiger partial charge < -0.3 is 15.4 Å². The molecule has 2 aromatic carbocycles. The van der Waals surface area contributed by atoms with Gasteiger partial charge in [-0.25, -0.2) is 0 Å². The molecule has 3 rings (SSSR count). The number of benzene rings is 2. The Kier molecular flexibility index (Phi) is 5.59. The van der Waals surface area contributed by atoms with Crippen molar-refractivity contribution in [3.63, 3.8) is 0 Å². The fraction of sp³-hybridized carbons (Fsp3) is 0.400. The third-order valence-corrected chi connectivity index (χ3v) is 4.73.